The highest BCUT2D eigenvalue weighted by Gasteiger charge is 2.19. The maximum Gasteiger partial charge on any atom is 0.129 e. The Morgan fingerprint density at radius 1 is 1.56 bits per heavy atom. The molecule has 0 saturated carbocycles. The van der Waals surface area contributed by atoms with E-state index in [1.807, 2.05) is 6.07 Å². The molecular weight excluding hydrogens is 299 g/mol. The van der Waals surface area contributed by atoms with Crippen LogP contribution in [0, 0.1) is 5.82 Å². The fourth-order valence-corrected chi connectivity index (χ4v) is 2.52. The van der Waals surface area contributed by atoms with E-state index in [4.69, 9.17) is 10.5 Å². The highest BCUT2D eigenvalue weighted by molar-refractivity contribution is 9.10. The van der Waals surface area contributed by atoms with Gasteiger partial charge in [0.05, 0.1) is 6.10 Å². The van der Waals surface area contributed by atoms with Crippen molar-refractivity contribution in [3.8, 4) is 0 Å². The smallest absolute Gasteiger partial charge is 0.129 e. The average molecular weight is 317 g/mol. The zero-order valence-electron chi connectivity index (χ0n) is 10.2. The Morgan fingerprint density at radius 3 is 3.00 bits per heavy atom. The lowest BCUT2D eigenvalue weighted by Gasteiger charge is -2.20. The van der Waals surface area contributed by atoms with Crippen LogP contribution in [0.2, 0.25) is 0 Å². The number of hydrogen-bond donors (Lipinski definition) is 2. The summed E-state index contributed by atoms with van der Waals surface area (Å²) in [7, 11) is 0. The summed E-state index contributed by atoms with van der Waals surface area (Å²) < 4.78 is 20.1. The minimum absolute atomic E-state index is 0.165. The third-order valence-electron chi connectivity index (χ3n) is 3.19. The van der Waals surface area contributed by atoms with Gasteiger partial charge in [-0.25, -0.2) is 4.39 Å². The Bertz CT molecular complexity index is 397. The molecule has 0 amide bonds. The van der Waals surface area contributed by atoms with E-state index in [0.29, 0.717) is 12.1 Å². The Morgan fingerprint density at radius 2 is 2.39 bits per heavy atom. The van der Waals surface area contributed by atoms with Crippen molar-refractivity contribution in [1.29, 1.82) is 0 Å². The fourth-order valence-electron chi connectivity index (χ4n) is 2.18. The van der Waals surface area contributed by atoms with E-state index in [0.717, 1.165) is 30.5 Å². The van der Waals surface area contributed by atoms with Gasteiger partial charge in [-0.2, -0.15) is 0 Å². The van der Waals surface area contributed by atoms with Crippen molar-refractivity contribution in [2.45, 2.75) is 25.0 Å². The van der Waals surface area contributed by atoms with Crippen molar-refractivity contribution in [2.24, 2.45) is 5.73 Å². The zero-order valence-corrected chi connectivity index (χ0v) is 11.7. The average Bonchev–Trinajstić information content (AvgIpc) is 2.85. The molecule has 1 aromatic carbocycles. The molecule has 1 aliphatic rings. The summed E-state index contributed by atoms with van der Waals surface area (Å²) in [6, 6.07) is 4.89. The molecule has 2 rings (SSSR count). The molecule has 0 radical (unpaired) electrons. The van der Waals surface area contributed by atoms with Gasteiger partial charge in [-0.3, -0.25) is 0 Å². The van der Waals surface area contributed by atoms with Crippen molar-refractivity contribution in [3.63, 3.8) is 0 Å². The Balaban J connectivity index is 1.98. The first-order chi connectivity index (χ1) is 8.70. The van der Waals surface area contributed by atoms with Gasteiger partial charge in [0.2, 0.25) is 0 Å². The van der Waals surface area contributed by atoms with Crippen LogP contribution >= 0.6 is 15.9 Å². The second-order valence-electron chi connectivity index (χ2n) is 4.50. The van der Waals surface area contributed by atoms with E-state index in [9.17, 15) is 4.39 Å². The van der Waals surface area contributed by atoms with E-state index >= 15 is 0 Å². The number of ether oxygens (including phenoxy) is 1. The van der Waals surface area contributed by atoms with Crippen molar-refractivity contribution >= 4 is 15.9 Å². The summed E-state index contributed by atoms with van der Waals surface area (Å²) >= 11 is 3.25. The second-order valence-corrected chi connectivity index (χ2v) is 5.41. The molecule has 1 aliphatic heterocycles. The molecule has 0 spiro atoms. The molecule has 2 unspecified atom stereocenters. The highest BCUT2D eigenvalue weighted by Crippen LogP contribution is 2.21. The molecule has 1 heterocycles. The van der Waals surface area contributed by atoms with Crippen LogP contribution < -0.4 is 11.1 Å². The molecule has 100 valence electrons. The summed E-state index contributed by atoms with van der Waals surface area (Å²) in [6.07, 6.45) is 2.40. The predicted octanol–water partition coefficient (Wildman–Crippen LogP) is 2.36. The van der Waals surface area contributed by atoms with Gasteiger partial charge in [0.15, 0.2) is 0 Å². The summed E-state index contributed by atoms with van der Waals surface area (Å²) in [4.78, 5) is 0. The molecule has 18 heavy (non-hydrogen) atoms. The molecule has 1 saturated heterocycles. The summed E-state index contributed by atoms with van der Waals surface area (Å²) in [6.45, 7) is 1.91. The molecule has 0 aromatic heterocycles. The fraction of sp³-hybridized carbons (Fsp3) is 0.538. The summed E-state index contributed by atoms with van der Waals surface area (Å²) in [5, 5.41) is 3.28. The lowest BCUT2D eigenvalue weighted by molar-refractivity contribution is 0.107. The topological polar surface area (TPSA) is 47.3 Å². The van der Waals surface area contributed by atoms with Crippen molar-refractivity contribution in [1.82, 2.24) is 5.32 Å². The van der Waals surface area contributed by atoms with Gasteiger partial charge in [-0.15, -0.1) is 0 Å². The predicted molar refractivity (Wildman–Crippen MR) is 72.9 cm³/mol. The second kappa shape index (κ2) is 6.61. The molecule has 1 fully saturated rings. The minimum atomic E-state index is -0.236. The molecule has 0 bridgehead atoms. The van der Waals surface area contributed by atoms with E-state index in [-0.39, 0.29) is 18.0 Å². The zero-order chi connectivity index (χ0) is 13.0. The van der Waals surface area contributed by atoms with Crippen LogP contribution in [0.4, 0.5) is 4.39 Å². The van der Waals surface area contributed by atoms with Gasteiger partial charge in [-0.05, 0) is 25.0 Å². The van der Waals surface area contributed by atoms with Gasteiger partial charge in [0, 0.05) is 35.8 Å². The normalized spacial score (nSPS) is 21.2. The molecule has 3 nitrogen and oxygen atoms in total. The van der Waals surface area contributed by atoms with Crippen LogP contribution in [0.3, 0.4) is 0 Å². The van der Waals surface area contributed by atoms with Gasteiger partial charge in [0.25, 0.3) is 0 Å². The van der Waals surface area contributed by atoms with Crippen LogP contribution in [0.5, 0.6) is 0 Å². The monoisotopic (exact) mass is 316 g/mol. The number of rotatable bonds is 5. The SMILES string of the molecule is NCC(NCC1CCCO1)c1ccc(Br)cc1F. The summed E-state index contributed by atoms with van der Waals surface area (Å²) in [5.41, 5.74) is 6.32. The largest absolute Gasteiger partial charge is 0.377 e. The Hall–Kier alpha value is -0.490. The third-order valence-corrected chi connectivity index (χ3v) is 3.68. The lowest BCUT2D eigenvalue weighted by Crippen LogP contribution is -2.34. The van der Waals surface area contributed by atoms with Gasteiger partial charge >= 0.3 is 0 Å². The molecule has 3 N–H and O–H groups in total. The Labute approximate surface area is 115 Å². The first-order valence-corrected chi connectivity index (χ1v) is 7.00. The highest BCUT2D eigenvalue weighted by atomic mass is 79.9. The standard InChI is InChI=1S/C13H18BrFN2O/c14-9-3-4-11(12(15)6-9)13(7-16)17-8-10-2-1-5-18-10/h3-4,6,10,13,17H,1-2,5,7-8,16H2. The summed E-state index contributed by atoms with van der Waals surface area (Å²) in [5.74, 6) is -0.236. The molecular formula is C13H18BrFN2O. The van der Waals surface area contributed by atoms with E-state index in [1.54, 1.807) is 6.07 Å². The first kappa shape index (κ1) is 13.9. The third kappa shape index (κ3) is 3.51. The van der Waals surface area contributed by atoms with Crippen LogP contribution in [0.1, 0.15) is 24.4 Å². The maximum atomic E-state index is 13.8. The molecule has 1 aromatic rings. The van der Waals surface area contributed by atoms with Crippen LogP contribution in [-0.2, 0) is 4.74 Å². The lowest BCUT2D eigenvalue weighted by atomic mass is 10.1. The van der Waals surface area contributed by atoms with E-state index in [2.05, 4.69) is 21.2 Å². The number of halogens is 2. The van der Waals surface area contributed by atoms with Crippen molar-refractivity contribution in [3.05, 3.63) is 34.1 Å². The molecule has 5 heteroatoms. The van der Waals surface area contributed by atoms with Gasteiger partial charge in [-0.1, -0.05) is 22.0 Å². The minimum Gasteiger partial charge on any atom is -0.377 e. The van der Waals surface area contributed by atoms with Crippen LogP contribution in [0.15, 0.2) is 22.7 Å². The molecule has 0 aliphatic carbocycles. The van der Waals surface area contributed by atoms with Crippen LogP contribution in [-0.4, -0.2) is 25.8 Å². The number of benzene rings is 1. The van der Waals surface area contributed by atoms with Crippen molar-refractivity contribution in [2.75, 3.05) is 19.7 Å². The first-order valence-electron chi connectivity index (χ1n) is 6.20. The van der Waals surface area contributed by atoms with Crippen LogP contribution in [0.25, 0.3) is 0 Å². The van der Waals surface area contributed by atoms with E-state index < -0.39 is 0 Å². The number of hydrogen-bond acceptors (Lipinski definition) is 3. The molecule has 2 atom stereocenters. The quantitative estimate of drug-likeness (QED) is 0.876. The van der Waals surface area contributed by atoms with E-state index in [1.165, 1.54) is 6.07 Å². The van der Waals surface area contributed by atoms with Crippen molar-refractivity contribution < 1.29 is 9.13 Å². The maximum absolute atomic E-state index is 13.8. The Kier molecular flexibility index (Phi) is 5.12. The van der Waals surface area contributed by atoms with Gasteiger partial charge < -0.3 is 15.8 Å². The number of nitrogens with two attached hydrogens (primary N) is 1. The number of nitrogens with one attached hydrogen (secondary N) is 1. The van der Waals surface area contributed by atoms with Gasteiger partial charge in [0.1, 0.15) is 5.82 Å².